The van der Waals surface area contributed by atoms with E-state index >= 15 is 0 Å². The fourth-order valence-corrected chi connectivity index (χ4v) is 3.95. The number of hydrogen-bond acceptors (Lipinski definition) is 2. The smallest absolute Gasteiger partial charge is 0.320 e. The number of benzene rings is 1. The van der Waals surface area contributed by atoms with Crippen LogP contribution in [0, 0.1) is 5.92 Å². The summed E-state index contributed by atoms with van der Waals surface area (Å²) < 4.78 is 0. The molecule has 0 aliphatic carbocycles. The first-order valence-electron chi connectivity index (χ1n) is 9.10. The molecule has 1 unspecified atom stereocenters. The summed E-state index contributed by atoms with van der Waals surface area (Å²) in [6.07, 6.45) is 6.97. The van der Waals surface area contributed by atoms with Gasteiger partial charge in [-0.25, -0.2) is 4.79 Å². The predicted octanol–water partition coefficient (Wildman–Crippen LogP) is 3.34. The third-order valence-electron chi connectivity index (χ3n) is 5.33. The van der Waals surface area contributed by atoms with Crippen molar-refractivity contribution in [1.82, 2.24) is 9.80 Å². The molecule has 2 aliphatic rings. The molecule has 0 aromatic heterocycles. The first kappa shape index (κ1) is 17.5. The lowest BCUT2D eigenvalue weighted by molar-refractivity contribution is -0.137. The second-order valence-electron chi connectivity index (χ2n) is 6.93. The number of rotatable bonds is 4. The molecule has 3 rings (SSSR count). The Morgan fingerprint density at radius 1 is 1.04 bits per heavy atom. The zero-order chi connectivity index (χ0) is 17.6. The lowest BCUT2D eigenvalue weighted by atomic mass is 9.78. The second kappa shape index (κ2) is 8.19. The van der Waals surface area contributed by atoms with Gasteiger partial charge in [0.1, 0.15) is 0 Å². The van der Waals surface area contributed by atoms with E-state index in [1.807, 2.05) is 46.2 Å². The van der Waals surface area contributed by atoms with Crippen LogP contribution < -0.4 is 0 Å². The Morgan fingerprint density at radius 2 is 1.76 bits per heavy atom. The van der Waals surface area contributed by atoms with Crippen molar-refractivity contribution >= 4 is 12.0 Å². The van der Waals surface area contributed by atoms with Crippen LogP contribution in [0.25, 0.3) is 0 Å². The summed E-state index contributed by atoms with van der Waals surface area (Å²) >= 11 is 0. The van der Waals surface area contributed by atoms with Gasteiger partial charge < -0.3 is 14.9 Å². The number of carbonyl (C=O) groups is 2. The molecule has 0 bridgehead atoms. The number of carboxylic acids is 1. The molecule has 1 N–H and O–H groups in total. The molecular formula is C20H26N2O3. The van der Waals surface area contributed by atoms with Gasteiger partial charge in [-0.1, -0.05) is 42.5 Å². The Hall–Kier alpha value is -2.30. The first-order valence-corrected chi connectivity index (χ1v) is 9.10. The molecule has 1 atom stereocenters. The standard InChI is InChI=1S/C20H26N2O3/c23-19(24)15-18(16-7-3-1-4-8-16)17-9-13-22(14-10-17)20(25)21-11-5-2-6-12-21/h1-5,7-8,17-18H,6,9-15H2,(H,23,24). The molecule has 1 aromatic rings. The van der Waals surface area contributed by atoms with E-state index in [4.69, 9.17) is 0 Å². The molecule has 2 amide bonds. The van der Waals surface area contributed by atoms with Crippen LogP contribution in [-0.2, 0) is 4.79 Å². The summed E-state index contributed by atoms with van der Waals surface area (Å²) in [5.41, 5.74) is 1.09. The van der Waals surface area contributed by atoms with Crippen molar-refractivity contribution in [1.29, 1.82) is 0 Å². The van der Waals surface area contributed by atoms with Crippen molar-refractivity contribution in [3.05, 3.63) is 48.0 Å². The molecule has 25 heavy (non-hydrogen) atoms. The van der Waals surface area contributed by atoms with Gasteiger partial charge in [0.15, 0.2) is 0 Å². The van der Waals surface area contributed by atoms with Crippen molar-refractivity contribution in [3.63, 3.8) is 0 Å². The third kappa shape index (κ3) is 4.41. The fraction of sp³-hybridized carbons (Fsp3) is 0.500. The Morgan fingerprint density at radius 3 is 2.36 bits per heavy atom. The van der Waals surface area contributed by atoms with E-state index in [1.54, 1.807) is 0 Å². The zero-order valence-electron chi connectivity index (χ0n) is 14.5. The Bertz CT molecular complexity index is 621. The topological polar surface area (TPSA) is 60.9 Å². The van der Waals surface area contributed by atoms with Crippen LogP contribution in [0.15, 0.2) is 42.5 Å². The van der Waals surface area contributed by atoms with E-state index in [0.717, 1.165) is 31.4 Å². The van der Waals surface area contributed by atoms with Gasteiger partial charge in [0.25, 0.3) is 0 Å². The largest absolute Gasteiger partial charge is 0.481 e. The molecule has 5 nitrogen and oxygen atoms in total. The molecular weight excluding hydrogens is 316 g/mol. The van der Waals surface area contributed by atoms with E-state index in [-0.39, 0.29) is 18.4 Å². The molecule has 1 saturated heterocycles. The van der Waals surface area contributed by atoms with Crippen LogP contribution in [0.4, 0.5) is 4.79 Å². The van der Waals surface area contributed by atoms with Gasteiger partial charge >= 0.3 is 12.0 Å². The van der Waals surface area contributed by atoms with Crippen LogP contribution in [0.2, 0.25) is 0 Å². The normalized spacial score (nSPS) is 19.7. The van der Waals surface area contributed by atoms with E-state index in [1.165, 1.54) is 0 Å². The first-order chi connectivity index (χ1) is 12.1. The van der Waals surface area contributed by atoms with Crippen molar-refractivity contribution in [2.45, 2.75) is 31.6 Å². The maximum atomic E-state index is 12.6. The summed E-state index contributed by atoms with van der Waals surface area (Å²) in [7, 11) is 0. The van der Waals surface area contributed by atoms with Gasteiger partial charge in [0, 0.05) is 26.2 Å². The van der Waals surface area contributed by atoms with Crippen LogP contribution in [-0.4, -0.2) is 53.1 Å². The van der Waals surface area contributed by atoms with Gasteiger partial charge in [-0.3, -0.25) is 4.79 Å². The number of piperidine rings is 1. The highest BCUT2D eigenvalue weighted by Crippen LogP contribution is 2.35. The molecule has 2 aliphatic heterocycles. The van der Waals surface area contributed by atoms with E-state index in [9.17, 15) is 14.7 Å². The lowest BCUT2D eigenvalue weighted by Crippen LogP contribution is -2.48. The molecule has 1 aromatic carbocycles. The number of carbonyl (C=O) groups excluding carboxylic acids is 1. The number of carboxylic acid groups (broad SMARTS) is 1. The summed E-state index contributed by atoms with van der Waals surface area (Å²) in [5.74, 6) is -0.426. The van der Waals surface area contributed by atoms with Crippen molar-refractivity contribution < 1.29 is 14.7 Å². The minimum atomic E-state index is -0.757. The molecule has 5 heteroatoms. The average Bonchev–Trinajstić information content (AvgIpc) is 2.67. The van der Waals surface area contributed by atoms with E-state index in [0.29, 0.717) is 25.6 Å². The molecule has 2 heterocycles. The van der Waals surface area contributed by atoms with E-state index < -0.39 is 5.97 Å². The number of urea groups is 1. The number of hydrogen-bond donors (Lipinski definition) is 1. The Balaban J connectivity index is 1.62. The number of nitrogens with zero attached hydrogens (tertiary/aromatic N) is 2. The van der Waals surface area contributed by atoms with Gasteiger partial charge in [0.2, 0.25) is 0 Å². The quantitative estimate of drug-likeness (QED) is 0.854. The summed E-state index contributed by atoms with van der Waals surface area (Å²) in [6.45, 7) is 2.92. The lowest BCUT2D eigenvalue weighted by Gasteiger charge is -2.38. The zero-order valence-corrected chi connectivity index (χ0v) is 14.5. The highest BCUT2D eigenvalue weighted by molar-refractivity contribution is 5.75. The van der Waals surface area contributed by atoms with Crippen molar-refractivity contribution in [3.8, 4) is 0 Å². The number of likely N-dealkylation sites (tertiary alicyclic amines) is 1. The highest BCUT2D eigenvalue weighted by atomic mass is 16.4. The predicted molar refractivity (Wildman–Crippen MR) is 96.5 cm³/mol. The minimum Gasteiger partial charge on any atom is -0.481 e. The fourth-order valence-electron chi connectivity index (χ4n) is 3.95. The van der Waals surface area contributed by atoms with Gasteiger partial charge in [0.05, 0.1) is 6.42 Å². The van der Waals surface area contributed by atoms with Gasteiger partial charge in [-0.15, -0.1) is 0 Å². The number of amides is 2. The SMILES string of the molecule is O=C(O)CC(c1ccccc1)C1CCN(C(=O)N2CC=CCC2)CC1. The van der Waals surface area contributed by atoms with E-state index in [2.05, 4.69) is 6.08 Å². The highest BCUT2D eigenvalue weighted by Gasteiger charge is 2.32. The maximum Gasteiger partial charge on any atom is 0.320 e. The van der Waals surface area contributed by atoms with Crippen molar-refractivity contribution in [2.75, 3.05) is 26.2 Å². The summed E-state index contributed by atoms with van der Waals surface area (Å²) in [6, 6.07) is 10.0. The average molecular weight is 342 g/mol. The molecule has 1 fully saturated rings. The Labute approximate surface area is 148 Å². The minimum absolute atomic E-state index is 0.0221. The van der Waals surface area contributed by atoms with Crippen LogP contribution in [0.3, 0.4) is 0 Å². The van der Waals surface area contributed by atoms with Crippen LogP contribution in [0.1, 0.15) is 37.2 Å². The van der Waals surface area contributed by atoms with Gasteiger partial charge in [-0.2, -0.15) is 0 Å². The van der Waals surface area contributed by atoms with Crippen molar-refractivity contribution in [2.24, 2.45) is 5.92 Å². The molecule has 0 spiro atoms. The number of aliphatic carboxylic acids is 1. The van der Waals surface area contributed by atoms with Gasteiger partial charge in [-0.05, 0) is 36.7 Å². The third-order valence-corrected chi connectivity index (χ3v) is 5.33. The maximum absolute atomic E-state index is 12.6. The Kier molecular flexibility index (Phi) is 5.74. The molecule has 0 radical (unpaired) electrons. The summed E-state index contributed by atoms with van der Waals surface area (Å²) in [5, 5.41) is 9.31. The van der Waals surface area contributed by atoms with Crippen LogP contribution >= 0.6 is 0 Å². The molecule has 0 saturated carbocycles. The second-order valence-corrected chi connectivity index (χ2v) is 6.93. The monoisotopic (exact) mass is 342 g/mol. The molecule has 134 valence electrons. The summed E-state index contributed by atoms with van der Waals surface area (Å²) in [4.78, 5) is 27.8. The van der Waals surface area contributed by atoms with Crippen LogP contribution in [0.5, 0.6) is 0 Å².